The molecule has 0 saturated carbocycles. The first-order valence-corrected chi connectivity index (χ1v) is 7.11. The first kappa shape index (κ1) is 13.0. The fourth-order valence-electron chi connectivity index (χ4n) is 2.29. The van der Waals surface area contributed by atoms with Crippen LogP contribution in [0.5, 0.6) is 0 Å². The lowest BCUT2D eigenvalue weighted by atomic mass is 10.2. The van der Waals surface area contributed by atoms with Crippen LogP contribution in [0.2, 0.25) is 0 Å². The molecule has 0 bridgehead atoms. The van der Waals surface area contributed by atoms with Crippen molar-refractivity contribution in [2.45, 2.75) is 19.9 Å². The van der Waals surface area contributed by atoms with Gasteiger partial charge in [0.25, 0.3) is 0 Å². The fraction of sp³-hybridized carbons (Fsp3) is 0.615. The van der Waals surface area contributed by atoms with Gasteiger partial charge in [0.05, 0.1) is 0 Å². The summed E-state index contributed by atoms with van der Waals surface area (Å²) in [7, 11) is 0. The predicted octanol–water partition coefficient (Wildman–Crippen LogP) is 2.37. The van der Waals surface area contributed by atoms with E-state index < -0.39 is 0 Å². The Morgan fingerprint density at radius 2 is 1.88 bits per heavy atom. The molecule has 0 radical (unpaired) electrons. The average Bonchev–Trinajstić information content (AvgIpc) is 2.32. The van der Waals surface area contributed by atoms with Crippen LogP contribution in [0.3, 0.4) is 0 Å². The van der Waals surface area contributed by atoms with Crippen molar-refractivity contribution >= 4 is 15.9 Å². The summed E-state index contributed by atoms with van der Waals surface area (Å²) in [6.45, 7) is 9.27. The second-order valence-electron chi connectivity index (χ2n) is 4.63. The standard InChI is InChI=1S/C13H20BrN3/c1-2-3-16-4-6-17(7-5-16)11-12-8-13(14)10-15-9-12/h8-10H,2-7,11H2,1H3. The Labute approximate surface area is 112 Å². The molecule has 0 aromatic carbocycles. The smallest absolute Gasteiger partial charge is 0.0410 e. The van der Waals surface area contributed by atoms with E-state index in [1.165, 1.54) is 44.7 Å². The highest BCUT2D eigenvalue weighted by molar-refractivity contribution is 9.10. The maximum Gasteiger partial charge on any atom is 0.0410 e. The van der Waals surface area contributed by atoms with E-state index in [0.29, 0.717) is 0 Å². The van der Waals surface area contributed by atoms with Crippen LogP contribution in [0.25, 0.3) is 0 Å². The average molecular weight is 298 g/mol. The molecule has 0 unspecified atom stereocenters. The molecule has 1 aliphatic heterocycles. The molecule has 0 amide bonds. The van der Waals surface area contributed by atoms with Crippen molar-refractivity contribution in [3.8, 4) is 0 Å². The Bertz CT molecular complexity index is 348. The molecule has 0 N–H and O–H groups in total. The van der Waals surface area contributed by atoms with E-state index in [4.69, 9.17) is 0 Å². The molecule has 0 aliphatic carbocycles. The van der Waals surface area contributed by atoms with Crippen molar-refractivity contribution in [2.75, 3.05) is 32.7 Å². The van der Waals surface area contributed by atoms with Crippen molar-refractivity contribution in [3.05, 3.63) is 28.5 Å². The first-order valence-electron chi connectivity index (χ1n) is 6.32. The monoisotopic (exact) mass is 297 g/mol. The molecule has 94 valence electrons. The summed E-state index contributed by atoms with van der Waals surface area (Å²) < 4.78 is 1.07. The third-order valence-electron chi connectivity index (χ3n) is 3.17. The molecule has 4 heteroatoms. The minimum absolute atomic E-state index is 1.02. The lowest BCUT2D eigenvalue weighted by Gasteiger charge is -2.34. The largest absolute Gasteiger partial charge is 0.301 e. The molecule has 1 saturated heterocycles. The van der Waals surface area contributed by atoms with Gasteiger partial charge in [-0.2, -0.15) is 0 Å². The van der Waals surface area contributed by atoms with Crippen molar-refractivity contribution in [3.63, 3.8) is 0 Å². The molecule has 1 aromatic heterocycles. The van der Waals surface area contributed by atoms with Crippen molar-refractivity contribution in [2.24, 2.45) is 0 Å². The topological polar surface area (TPSA) is 19.4 Å². The van der Waals surface area contributed by atoms with Crippen LogP contribution in [-0.4, -0.2) is 47.5 Å². The number of rotatable bonds is 4. The molecular weight excluding hydrogens is 278 g/mol. The number of hydrogen-bond donors (Lipinski definition) is 0. The number of aromatic nitrogens is 1. The third-order valence-corrected chi connectivity index (χ3v) is 3.61. The van der Waals surface area contributed by atoms with Gasteiger partial charge >= 0.3 is 0 Å². The van der Waals surface area contributed by atoms with Crippen LogP contribution in [0.15, 0.2) is 22.9 Å². The van der Waals surface area contributed by atoms with E-state index in [2.05, 4.69) is 43.7 Å². The highest BCUT2D eigenvalue weighted by atomic mass is 79.9. The van der Waals surface area contributed by atoms with E-state index in [9.17, 15) is 0 Å². The summed E-state index contributed by atoms with van der Waals surface area (Å²) in [5.41, 5.74) is 1.29. The van der Waals surface area contributed by atoms with E-state index in [-0.39, 0.29) is 0 Å². The van der Waals surface area contributed by atoms with Gasteiger partial charge in [-0.15, -0.1) is 0 Å². The Kier molecular flexibility index (Phi) is 4.95. The molecular formula is C13H20BrN3. The summed E-state index contributed by atoms with van der Waals surface area (Å²) in [4.78, 5) is 9.27. The summed E-state index contributed by atoms with van der Waals surface area (Å²) in [6.07, 6.45) is 5.06. The minimum Gasteiger partial charge on any atom is -0.301 e. The molecule has 2 rings (SSSR count). The van der Waals surface area contributed by atoms with E-state index in [1.54, 1.807) is 0 Å². The zero-order valence-electron chi connectivity index (χ0n) is 10.4. The number of pyridine rings is 1. The van der Waals surface area contributed by atoms with Crippen LogP contribution < -0.4 is 0 Å². The number of halogens is 1. The van der Waals surface area contributed by atoms with Crippen molar-refractivity contribution < 1.29 is 0 Å². The van der Waals surface area contributed by atoms with Crippen LogP contribution in [0.1, 0.15) is 18.9 Å². The van der Waals surface area contributed by atoms with E-state index in [0.717, 1.165) is 11.0 Å². The van der Waals surface area contributed by atoms with Gasteiger partial charge in [0.2, 0.25) is 0 Å². The maximum absolute atomic E-state index is 4.21. The van der Waals surface area contributed by atoms with Gasteiger partial charge in [-0.3, -0.25) is 9.88 Å². The van der Waals surface area contributed by atoms with Gasteiger partial charge in [-0.1, -0.05) is 6.92 Å². The normalized spacial score (nSPS) is 18.5. The highest BCUT2D eigenvalue weighted by Crippen LogP contribution is 2.13. The van der Waals surface area contributed by atoms with Crippen LogP contribution in [-0.2, 0) is 6.54 Å². The van der Waals surface area contributed by atoms with Crippen LogP contribution in [0, 0.1) is 0 Å². The van der Waals surface area contributed by atoms with Crippen molar-refractivity contribution in [1.82, 2.24) is 14.8 Å². The van der Waals surface area contributed by atoms with Gasteiger partial charge in [0, 0.05) is 49.6 Å². The van der Waals surface area contributed by atoms with E-state index in [1.807, 2.05) is 12.4 Å². The molecule has 1 fully saturated rings. The van der Waals surface area contributed by atoms with Gasteiger partial charge in [-0.05, 0) is 40.5 Å². The van der Waals surface area contributed by atoms with Crippen LogP contribution in [0.4, 0.5) is 0 Å². The predicted molar refractivity (Wildman–Crippen MR) is 73.9 cm³/mol. The molecule has 2 heterocycles. The minimum atomic E-state index is 1.02. The van der Waals surface area contributed by atoms with Crippen molar-refractivity contribution in [1.29, 1.82) is 0 Å². The Balaban J connectivity index is 1.82. The molecule has 3 nitrogen and oxygen atoms in total. The lowest BCUT2D eigenvalue weighted by Crippen LogP contribution is -2.45. The zero-order chi connectivity index (χ0) is 12.1. The van der Waals surface area contributed by atoms with Gasteiger partial charge < -0.3 is 4.90 Å². The summed E-state index contributed by atoms with van der Waals surface area (Å²) in [6, 6.07) is 2.16. The molecule has 0 atom stereocenters. The Hall–Kier alpha value is -0.450. The zero-order valence-corrected chi connectivity index (χ0v) is 12.0. The Morgan fingerprint density at radius 3 is 2.53 bits per heavy atom. The number of piperazine rings is 1. The fourth-order valence-corrected chi connectivity index (χ4v) is 2.70. The van der Waals surface area contributed by atoms with Gasteiger partial charge in [0.1, 0.15) is 0 Å². The Morgan fingerprint density at radius 1 is 1.18 bits per heavy atom. The van der Waals surface area contributed by atoms with Gasteiger partial charge in [0.15, 0.2) is 0 Å². The highest BCUT2D eigenvalue weighted by Gasteiger charge is 2.16. The first-order chi connectivity index (χ1) is 8.28. The summed E-state index contributed by atoms with van der Waals surface area (Å²) >= 11 is 3.47. The lowest BCUT2D eigenvalue weighted by molar-refractivity contribution is 0.127. The molecule has 1 aromatic rings. The second-order valence-corrected chi connectivity index (χ2v) is 5.54. The molecule has 0 spiro atoms. The van der Waals surface area contributed by atoms with E-state index >= 15 is 0 Å². The second kappa shape index (κ2) is 6.47. The SMILES string of the molecule is CCCN1CCN(Cc2cncc(Br)c2)CC1. The maximum atomic E-state index is 4.21. The summed E-state index contributed by atoms with van der Waals surface area (Å²) in [5, 5.41) is 0. The molecule has 17 heavy (non-hydrogen) atoms. The quantitative estimate of drug-likeness (QED) is 0.851. The third kappa shape index (κ3) is 4.05. The number of hydrogen-bond acceptors (Lipinski definition) is 3. The summed E-state index contributed by atoms with van der Waals surface area (Å²) in [5.74, 6) is 0. The number of nitrogens with zero attached hydrogens (tertiary/aromatic N) is 3. The van der Waals surface area contributed by atoms with Crippen LogP contribution >= 0.6 is 15.9 Å². The van der Waals surface area contributed by atoms with Gasteiger partial charge in [-0.25, -0.2) is 0 Å². The molecule has 1 aliphatic rings.